The minimum Gasteiger partial charge on any atom is -0.447 e. The molecule has 3 N–H and O–H groups in total. The van der Waals surface area contributed by atoms with Gasteiger partial charge in [0.15, 0.2) is 0 Å². The van der Waals surface area contributed by atoms with Crippen molar-refractivity contribution in [1.29, 1.82) is 0 Å². The first kappa shape index (κ1) is 30.8. The molecular formula is C32H41ClN6O4. The fourth-order valence-corrected chi connectivity index (χ4v) is 6.08. The number of dihydropyridines is 1. The molecule has 4 unspecified atom stereocenters. The molecule has 2 aliphatic heterocycles. The van der Waals surface area contributed by atoms with Crippen LogP contribution >= 0.6 is 11.6 Å². The summed E-state index contributed by atoms with van der Waals surface area (Å²) in [7, 11) is 1.88. The molecule has 0 saturated carbocycles. The number of fused-ring (bicyclic) bond motifs is 2. The summed E-state index contributed by atoms with van der Waals surface area (Å²) in [5, 5.41) is 18.2. The molecular weight excluding hydrogens is 568 g/mol. The van der Waals surface area contributed by atoms with E-state index < -0.39 is 17.6 Å². The van der Waals surface area contributed by atoms with Crippen LogP contribution in [-0.2, 0) is 16.6 Å². The first-order valence-electron chi connectivity index (χ1n) is 14.8. The van der Waals surface area contributed by atoms with Gasteiger partial charge in [-0.05, 0) is 73.9 Å². The van der Waals surface area contributed by atoms with Crippen molar-refractivity contribution in [2.75, 3.05) is 26.2 Å². The predicted molar refractivity (Wildman–Crippen MR) is 166 cm³/mol. The van der Waals surface area contributed by atoms with Gasteiger partial charge in [0.1, 0.15) is 5.60 Å². The standard InChI is InChI=1S/C32H41ClN6O4/c1-6-32(4,42)30(40)36-28(26-18-34-19-37(26)5)25-16-21-8-7-11-35-27(21)29(23-10-9-22(33)17-24(23)25)38-12-14-39(15-13-38)31(41)43-20(2)3/h7-11,16-20,27-29,35,42H,6,12-15H2,1-5H3,(H,36,40). The van der Waals surface area contributed by atoms with Crippen LogP contribution in [-0.4, -0.2) is 80.4 Å². The number of amides is 2. The Morgan fingerprint density at radius 1 is 1.26 bits per heavy atom. The Bertz CT molecular complexity index is 1450. The van der Waals surface area contributed by atoms with Crippen LogP contribution in [0.5, 0.6) is 0 Å². The molecule has 11 heteroatoms. The number of nitrogens with one attached hydrogen (secondary N) is 2. The fourth-order valence-electron chi connectivity index (χ4n) is 5.91. The molecule has 1 fully saturated rings. The molecule has 0 bridgehead atoms. The average molecular weight is 609 g/mol. The van der Waals surface area contributed by atoms with Crippen LogP contribution < -0.4 is 10.6 Å². The van der Waals surface area contributed by atoms with Crippen molar-refractivity contribution < 1.29 is 19.4 Å². The number of carbonyl (C=O) groups is 2. The maximum atomic E-state index is 13.4. The van der Waals surface area contributed by atoms with Crippen LogP contribution in [0.2, 0.25) is 5.02 Å². The number of rotatable bonds is 7. The molecule has 1 aromatic carbocycles. The fraction of sp³-hybridized carbons (Fsp3) is 0.469. The van der Waals surface area contributed by atoms with Crippen molar-refractivity contribution in [1.82, 2.24) is 30.0 Å². The summed E-state index contributed by atoms with van der Waals surface area (Å²) in [6.45, 7) is 9.42. The van der Waals surface area contributed by atoms with Gasteiger partial charge in [-0.1, -0.05) is 36.7 Å². The Morgan fingerprint density at radius 3 is 2.65 bits per heavy atom. The van der Waals surface area contributed by atoms with E-state index in [0.717, 1.165) is 28.0 Å². The average Bonchev–Trinajstić information content (AvgIpc) is 3.35. The van der Waals surface area contributed by atoms with Crippen molar-refractivity contribution in [3.8, 4) is 0 Å². The zero-order chi connectivity index (χ0) is 30.9. The minimum absolute atomic E-state index is 0.0953. The number of aryl methyl sites for hydroxylation is 1. The molecule has 5 rings (SSSR count). The van der Waals surface area contributed by atoms with Gasteiger partial charge < -0.3 is 29.9 Å². The molecule has 0 radical (unpaired) electrons. The molecule has 1 saturated heterocycles. The van der Waals surface area contributed by atoms with Gasteiger partial charge in [0.2, 0.25) is 0 Å². The Morgan fingerprint density at radius 2 is 2.00 bits per heavy atom. The summed E-state index contributed by atoms with van der Waals surface area (Å²) in [5.41, 5.74) is 3.06. The van der Waals surface area contributed by atoms with E-state index in [1.807, 2.05) is 49.9 Å². The Labute approximate surface area is 258 Å². The van der Waals surface area contributed by atoms with Crippen LogP contribution in [0.1, 0.15) is 63.0 Å². The minimum atomic E-state index is -1.55. The summed E-state index contributed by atoms with van der Waals surface area (Å²) < 4.78 is 7.32. The molecule has 230 valence electrons. The molecule has 10 nitrogen and oxygen atoms in total. The number of benzene rings is 1. The van der Waals surface area contributed by atoms with E-state index in [1.165, 1.54) is 6.92 Å². The van der Waals surface area contributed by atoms with Gasteiger partial charge in [0.25, 0.3) is 5.91 Å². The summed E-state index contributed by atoms with van der Waals surface area (Å²) in [5.74, 6) is -0.469. The maximum absolute atomic E-state index is 13.4. The van der Waals surface area contributed by atoms with Gasteiger partial charge in [-0.25, -0.2) is 9.78 Å². The Balaban J connectivity index is 1.59. The number of imidazole rings is 1. The van der Waals surface area contributed by atoms with E-state index in [0.29, 0.717) is 31.2 Å². The van der Waals surface area contributed by atoms with E-state index >= 15 is 0 Å². The predicted octanol–water partition coefficient (Wildman–Crippen LogP) is 4.10. The highest BCUT2D eigenvalue weighted by Gasteiger charge is 2.40. The number of piperazine rings is 1. The van der Waals surface area contributed by atoms with Crippen LogP contribution in [0.25, 0.3) is 5.57 Å². The third-order valence-electron chi connectivity index (χ3n) is 8.52. The van der Waals surface area contributed by atoms with E-state index in [-0.39, 0.29) is 30.7 Å². The van der Waals surface area contributed by atoms with Crippen molar-refractivity contribution in [2.24, 2.45) is 7.05 Å². The number of ether oxygens (including phenoxy) is 1. The lowest BCUT2D eigenvalue weighted by atomic mass is 9.88. The van der Waals surface area contributed by atoms with E-state index in [9.17, 15) is 14.7 Å². The van der Waals surface area contributed by atoms with E-state index in [1.54, 1.807) is 24.3 Å². The van der Waals surface area contributed by atoms with Crippen molar-refractivity contribution in [3.05, 3.63) is 82.6 Å². The molecule has 4 atom stereocenters. The molecule has 1 aromatic heterocycles. The molecule has 1 aliphatic carbocycles. The summed E-state index contributed by atoms with van der Waals surface area (Å²) in [4.78, 5) is 34.6. The number of nitrogens with zero attached hydrogens (tertiary/aromatic N) is 4. The van der Waals surface area contributed by atoms with Crippen LogP contribution in [0, 0.1) is 0 Å². The van der Waals surface area contributed by atoms with Crippen LogP contribution in [0.3, 0.4) is 0 Å². The smallest absolute Gasteiger partial charge is 0.410 e. The number of halogens is 1. The SMILES string of the molecule is CCC(C)(O)C(=O)NC(C1=CC2=CC=CNC2C(N2CCN(C(=O)OC(C)C)CC2)c2ccc(Cl)cc21)c1cncn1C. The van der Waals surface area contributed by atoms with Crippen molar-refractivity contribution >= 4 is 29.2 Å². The van der Waals surface area contributed by atoms with Gasteiger partial charge in [0, 0.05) is 38.2 Å². The maximum Gasteiger partial charge on any atom is 0.410 e. The van der Waals surface area contributed by atoms with Crippen LogP contribution in [0.15, 0.2) is 60.7 Å². The highest BCUT2D eigenvalue weighted by Crippen LogP contribution is 2.44. The third kappa shape index (κ3) is 6.37. The molecule has 3 aliphatic rings. The Hall–Kier alpha value is -3.60. The quantitative estimate of drug-likeness (QED) is 0.434. The van der Waals surface area contributed by atoms with E-state index in [4.69, 9.17) is 16.3 Å². The molecule has 43 heavy (non-hydrogen) atoms. The first-order valence-corrected chi connectivity index (χ1v) is 15.2. The van der Waals surface area contributed by atoms with Crippen LogP contribution in [0.4, 0.5) is 4.79 Å². The van der Waals surface area contributed by atoms with Crippen molar-refractivity contribution in [3.63, 3.8) is 0 Å². The second kappa shape index (κ2) is 12.6. The lowest BCUT2D eigenvalue weighted by molar-refractivity contribution is -0.138. The van der Waals surface area contributed by atoms with Gasteiger partial charge in [-0.2, -0.15) is 0 Å². The van der Waals surface area contributed by atoms with E-state index in [2.05, 4.69) is 38.7 Å². The summed E-state index contributed by atoms with van der Waals surface area (Å²) in [6, 6.07) is 5.09. The monoisotopic (exact) mass is 608 g/mol. The second-order valence-electron chi connectivity index (χ2n) is 11.9. The first-order chi connectivity index (χ1) is 20.5. The number of aromatic nitrogens is 2. The van der Waals surface area contributed by atoms with Crippen molar-refractivity contribution in [2.45, 2.75) is 63.9 Å². The largest absolute Gasteiger partial charge is 0.447 e. The zero-order valence-electron chi connectivity index (χ0n) is 25.4. The van der Waals surface area contributed by atoms with Gasteiger partial charge in [-0.15, -0.1) is 0 Å². The summed E-state index contributed by atoms with van der Waals surface area (Å²) >= 11 is 6.65. The lowest BCUT2D eigenvalue weighted by Crippen LogP contribution is -2.53. The normalized spacial score (nSPS) is 22.3. The second-order valence-corrected chi connectivity index (χ2v) is 12.3. The topological polar surface area (TPSA) is 112 Å². The number of hydrogen-bond donors (Lipinski definition) is 3. The molecule has 2 amide bonds. The number of allylic oxidation sites excluding steroid dienone is 2. The highest BCUT2D eigenvalue weighted by molar-refractivity contribution is 6.30. The Kier molecular flexibility index (Phi) is 9.01. The molecule has 3 heterocycles. The molecule has 2 aromatic rings. The van der Waals surface area contributed by atoms with Gasteiger partial charge in [-0.3, -0.25) is 9.69 Å². The number of aliphatic hydroxyl groups is 1. The summed E-state index contributed by atoms with van der Waals surface area (Å²) in [6.07, 6.45) is 11.4. The number of hydrogen-bond acceptors (Lipinski definition) is 7. The van der Waals surface area contributed by atoms with Gasteiger partial charge in [0.05, 0.1) is 42.4 Å². The number of carbonyl (C=O) groups excluding carboxylic acids is 2. The zero-order valence-corrected chi connectivity index (χ0v) is 26.1. The third-order valence-corrected chi connectivity index (χ3v) is 8.75. The highest BCUT2D eigenvalue weighted by atomic mass is 35.5. The lowest BCUT2D eigenvalue weighted by Gasteiger charge is -2.43. The van der Waals surface area contributed by atoms with Gasteiger partial charge >= 0.3 is 6.09 Å². The molecule has 0 spiro atoms.